The average Bonchev–Trinajstić information content (AvgIpc) is 2.79. The van der Waals surface area contributed by atoms with E-state index in [9.17, 15) is 0 Å². The molecule has 30 heavy (non-hydrogen) atoms. The fraction of sp³-hybridized carbons (Fsp3) is 0.111. The number of benzene rings is 4. The minimum absolute atomic E-state index is 0. The predicted octanol–water partition coefficient (Wildman–Crippen LogP) is 5.56. The summed E-state index contributed by atoms with van der Waals surface area (Å²) in [4.78, 5) is 2.15. The summed E-state index contributed by atoms with van der Waals surface area (Å²) in [6.45, 7) is 0. The third-order valence-corrected chi connectivity index (χ3v) is 10.6. The molecular weight excluding hydrogens is 449 g/mol. The Bertz CT molecular complexity index is 936. The molecule has 0 unspecified atom stereocenters. The number of rotatable bonds is 6. The van der Waals surface area contributed by atoms with E-state index in [1.54, 1.807) is 0 Å². The van der Waals surface area contributed by atoms with Crippen molar-refractivity contribution in [1.29, 1.82) is 0 Å². The van der Waals surface area contributed by atoms with E-state index in [1.165, 1.54) is 27.2 Å². The second-order valence-electron chi connectivity index (χ2n) is 7.74. The molecule has 0 atom stereocenters. The van der Waals surface area contributed by atoms with E-state index in [4.69, 9.17) is 0 Å². The molecule has 4 aromatic rings. The molecule has 0 aliphatic carbocycles. The fourth-order valence-electron chi connectivity index (χ4n) is 4.19. The summed E-state index contributed by atoms with van der Waals surface area (Å²) in [7, 11) is 1.96. The SMILES string of the molecule is Br.CN(C)c1ccc(C[PH](c2ccccc2)(c2ccccc2)c2ccccc2)cc1. The molecule has 0 spiro atoms. The molecule has 0 bridgehead atoms. The van der Waals surface area contributed by atoms with E-state index < -0.39 is 7.26 Å². The van der Waals surface area contributed by atoms with Crippen LogP contribution in [0.4, 0.5) is 5.69 Å². The molecule has 0 N–H and O–H groups in total. The number of hydrogen-bond acceptors (Lipinski definition) is 1. The zero-order valence-corrected chi connectivity index (χ0v) is 20.2. The van der Waals surface area contributed by atoms with Gasteiger partial charge in [0.2, 0.25) is 0 Å². The van der Waals surface area contributed by atoms with E-state index in [-0.39, 0.29) is 17.0 Å². The summed E-state index contributed by atoms with van der Waals surface area (Å²) in [6.07, 6.45) is 1.04. The second-order valence-corrected chi connectivity index (χ2v) is 11.6. The van der Waals surface area contributed by atoms with Crippen LogP contribution in [-0.4, -0.2) is 14.1 Å². The van der Waals surface area contributed by atoms with Crippen LogP contribution < -0.4 is 20.8 Å². The van der Waals surface area contributed by atoms with Gasteiger partial charge in [0.05, 0.1) is 0 Å². The van der Waals surface area contributed by atoms with Crippen LogP contribution in [0.5, 0.6) is 0 Å². The van der Waals surface area contributed by atoms with Gasteiger partial charge >= 0.3 is 175 Å². The monoisotopic (exact) mass is 477 g/mol. The summed E-state index contributed by atoms with van der Waals surface area (Å²) >= 11 is 0. The zero-order chi connectivity index (χ0) is 20.1. The summed E-state index contributed by atoms with van der Waals surface area (Å²) in [6, 6.07) is 42.4. The average molecular weight is 478 g/mol. The first-order chi connectivity index (χ1) is 14.2. The molecular formula is C27H29BrNP. The molecule has 4 aromatic carbocycles. The molecule has 0 saturated carbocycles. The van der Waals surface area contributed by atoms with Crippen molar-refractivity contribution in [3.8, 4) is 0 Å². The molecule has 1 nitrogen and oxygen atoms in total. The van der Waals surface area contributed by atoms with Crippen molar-refractivity contribution in [1.82, 2.24) is 0 Å². The van der Waals surface area contributed by atoms with E-state index in [0.29, 0.717) is 0 Å². The topological polar surface area (TPSA) is 3.24 Å². The summed E-state index contributed by atoms with van der Waals surface area (Å²) in [5.41, 5.74) is 2.62. The van der Waals surface area contributed by atoms with Gasteiger partial charge in [-0.25, -0.2) is 0 Å². The van der Waals surface area contributed by atoms with Crippen LogP contribution in [0.1, 0.15) is 5.56 Å². The third kappa shape index (κ3) is 4.51. The van der Waals surface area contributed by atoms with E-state index in [1.807, 2.05) is 0 Å². The summed E-state index contributed by atoms with van der Waals surface area (Å²) < 4.78 is 0. The van der Waals surface area contributed by atoms with Gasteiger partial charge in [0, 0.05) is 0 Å². The quantitative estimate of drug-likeness (QED) is 0.328. The number of hydrogen-bond donors (Lipinski definition) is 0. The zero-order valence-electron chi connectivity index (χ0n) is 17.5. The van der Waals surface area contributed by atoms with Crippen molar-refractivity contribution in [2.24, 2.45) is 0 Å². The Morgan fingerprint density at radius 2 is 0.900 bits per heavy atom. The molecule has 0 amide bonds. The van der Waals surface area contributed by atoms with Gasteiger partial charge in [-0.1, -0.05) is 0 Å². The Morgan fingerprint density at radius 1 is 0.533 bits per heavy atom. The Morgan fingerprint density at radius 3 is 1.23 bits per heavy atom. The summed E-state index contributed by atoms with van der Waals surface area (Å²) in [5, 5.41) is 4.36. The minimum atomic E-state index is -2.22. The van der Waals surface area contributed by atoms with Crippen LogP contribution in [-0.2, 0) is 6.16 Å². The van der Waals surface area contributed by atoms with Crippen LogP contribution in [0.2, 0.25) is 0 Å². The second kappa shape index (κ2) is 10.1. The molecule has 0 aromatic heterocycles. The van der Waals surface area contributed by atoms with Gasteiger partial charge in [0.1, 0.15) is 0 Å². The fourth-order valence-corrected chi connectivity index (χ4v) is 8.94. The molecule has 0 fully saturated rings. The predicted molar refractivity (Wildman–Crippen MR) is 141 cm³/mol. The van der Waals surface area contributed by atoms with Gasteiger partial charge in [-0.05, 0) is 0 Å². The Labute approximate surface area is 191 Å². The van der Waals surface area contributed by atoms with Gasteiger partial charge in [0.25, 0.3) is 0 Å². The van der Waals surface area contributed by atoms with Crippen molar-refractivity contribution in [2.45, 2.75) is 6.16 Å². The van der Waals surface area contributed by atoms with Gasteiger partial charge in [-0.2, -0.15) is 0 Å². The Balaban J connectivity index is 0.00000256. The first-order valence-corrected chi connectivity index (χ1v) is 12.3. The van der Waals surface area contributed by atoms with Gasteiger partial charge in [-0.15, -0.1) is 17.0 Å². The van der Waals surface area contributed by atoms with Crippen LogP contribution in [0, 0.1) is 0 Å². The maximum absolute atomic E-state index is 2.32. The Hall–Kier alpha value is -2.41. The maximum atomic E-state index is 2.32. The molecule has 0 aliphatic rings. The molecule has 0 heterocycles. The molecule has 154 valence electrons. The molecule has 0 saturated heterocycles. The van der Waals surface area contributed by atoms with Crippen molar-refractivity contribution in [3.63, 3.8) is 0 Å². The molecule has 4 rings (SSSR count). The van der Waals surface area contributed by atoms with Crippen molar-refractivity contribution < 1.29 is 0 Å². The number of nitrogens with zero attached hydrogens (tertiary/aromatic N) is 1. The third-order valence-electron chi connectivity index (χ3n) is 5.72. The van der Waals surface area contributed by atoms with Crippen molar-refractivity contribution >= 4 is 45.8 Å². The normalized spacial score (nSPS) is 11.4. The molecule has 0 aliphatic heterocycles. The van der Waals surface area contributed by atoms with Gasteiger partial charge in [-0.3, -0.25) is 0 Å². The molecule has 3 heteroatoms. The van der Waals surface area contributed by atoms with Crippen molar-refractivity contribution in [3.05, 3.63) is 121 Å². The van der Waals surface area contributed by atoms with Gasteiger partial charge in [0.15, 0.2) is 0 Å². The van der Waals surface area contributed by atoms with Crippen molar-refractivity contribution in [2.75, 3.05) is 19.0 Å². The number of halogens is 1. The van der Waals surface area contributed by atoms with E-state index >= 15 is 0 Å². The van der Waals surface area contributed by atoms with Crippen LogP contribution in [0.25, 0.3) is 0 Å². The molecule has 0 radical (unpaired) electrons. The van der Waals surface area contributed by atoms with Gasteiger partial charge < -0.3 is 0 Å². The first-order valence-electron chi connectivity index (χ1n) is 10.1. The Kier molecular flexibility index (Phi) is 7.48. The van der Waals surface area contributed by atoms with Crippen LogP contribution >= 0.6 is 24.2 Å². The van der Waals surface area contributed by atoms with E-state index in [2.05, 4.69) is 134 Å². The van der Waals surface area contributed by atoms with Crippen LogP contribution in [0.15, 0.2) is 115 Å². The van der Waals surface area contributed by atoms with E-state index in [0.717, 1.165) is 6.16 Å². The number of anilines is 1. The standard InChI is InChI=1S/C27H28NP.BrH/c1-28(2)24-20-18-23(19-21-24)22-29(25-12-6-3-7-13-25,26-14-8-4-9-15-26)27-16-10-5-11-17-27;/h3-21,29H,22H2,1-2H3;1H. The first kappa shape index (κ1) is 22.3. The summed E-state index contributed by atoms with van der Waals surface area (Å²) in [5.74, 6) is 0. The van der Waals surface area contributed by atoms with Crippen LogP contribution in [0.3, 0.4) is 0 Å².